The molecule has 0 radical (unpaired) electrons. The number of nitrogens with two attached hydrogens (primary N) is 1. The predicted octanol–water partition coefficient (Wildman–Crippen LogP) is 2.82. The zero-order valence-corrected chi connectivity index (χ0v) is 11.3. The van der Waals surface area contributed by atoms with Gasteiger partial charge in [-0.05, 0) is 37.7 Å². The average Bonchev–Trinajstić information content (AvgIpc) is 2.77. The Morgan fingerprint density at radius 3 is 2.63 bits per heavy atom. The van der Waals surface area contributed by atoms with Crippen LogP contribution in [0.2, 0.25) is 0 Å². The maximum atomic E-state index is 13.3. The van der Waals surface area contributed by atoms with E-state index in [1.54, 1.807) is 6.07 Å². The van der Waals surface area contributed by atoms with Crippen LogP contribution in [0.15, 0.2) is 34.7 Å². The van der Waals surface area contributed by atoms with E-state index in [4.69, 9.17) is 10.2 Å². The van der Waals surface area contributed by atoms with Gasteiger partial charge < -0.3 is 10.2 Å². The highest BCUT2D eigenvalue weighted by Gasteiger charge is 2.07. The van der Waals surface area contributed by atoms with Gasteiger partial charge in [0.25, 0.3) is 0 Å². The Labute approximate surface area is 112 Å². The minimum absolute atomic E-state index is 0.223. The average molecular weight is 262 g/mol. The summed E-state index contributed by atoms with van der Waals surface area (Å²) in [6, 6.07) is 9.01. The van der Waals surface area contributed by atoms with Gasteiger partial charge in [-0.15, -0.1) is 0 Å². The fraction of sp³-hybridized carbons (Fsp3) is 0.333. The van der Waals surface area contributed by atoms with Crippen LogP contribution in [-0.4, -0.2) is 11.9 Å². The van der Waals surface area contributed by atoms with Gasteiger partial charge in [0.15, 0.2) is 0 Å². The second-order valence-electron chi connectivity index (χ2n) is 4.81. The van der Waals surface area contributed by atoms with Gasteiger partial charge in [0.2, 0.25) is 0 Å². The molecule has 0 saturated heterocycles. The molecule has 1 heterocycles. The quantitative estimate of drug-likeness (QED) is 0.901. The van der Waals surface area contributed by atoms with E-state index in [-0.39, 0.29) is 12.4 Å². The third-order valence-corrected chi connectivity index (χ3v) is 3.00. The minimum atomic E-state index is -0.240. The van der Waals surface area contributed by atoms with Crippen molar-refractivity contribution in [3.63, 3.8) is 0 Å². The zero-order chi connectivity index (χ0) is 13.8. The van der Waals surface area contributed by atoms with Gasteiger partial charge in [0.1, 0.15) is 17.3 Å². The molecule has 2 rings (SSSR count). The molecule has 0 aliphatic carbocycles. The Morgan fingerprint density at radius 2 is 2.00 bits per heavy atom. The maximum Gasteiger partial charge on any atom is 0.127 e. The Balaban J connectivity index is 2.00. The summed E-state index contributed by atoms with van der Waals surface area (Å²) in [5.74, 6) is 1.60. The number of halogens is 1. The summed E-state index contributed by atoms with van der Waals surface area (Å²) in [6.07, 6.45) is 0. The monoisotopic (exact) mass is 262 g/mol. The van der Waals surface area contributed by atoms with Crippen molar-refractivity contribution in [3.8, 4) is 0 Å². The molecule has 19 heavy (non-hydrogen) atoms. The Hall–Kier alpha value is -1.65. The number of nitrogens with zero attached hydrogens (tertiary/aromatic N) is 1. The lowest BCUT2D eigenvalue weighted by atomic mass is 10.1. The summed E-state index contributed by atoms with van der Waals surface area (Å²) >= 11 is 0. The fourth-order valence-electron chi connectivity index (χ4n) is 2.09. The highest BCUT2D eigenvalue weighted by atomic mass is 19.1. The van der Waals surface area contributed by atoms with Crippen LogP contribution in [0.1, 0.15) is 22.6 Å². The molecule has 0 atom stereocenters. The minimum Gasteiger partial charge on any atom is -0.465 e. The lowest BCUT2D eigenvalue weighted by molar-refractivity contribution is 0.285. The predicted molar refractivity (Wildman–Crippen MR) is 72.9 cm³/mol. The summed E-state index contributed by atoms with van der Waals surface area (Å²) in [6.45, 7) is 3.61. The first-order valence-electron chi connectivity index (χ1n) is 6.29. The lowest BCUT2D eigenvalue weighted by Gasteiger charge is -2.16. The van der Waals surface area contributed by atoms with Gasteiger partial charge in [-0.3, -0.25) is 4.90 Å². The van der Waals surface area contributed by atoms with Crippen LogP contribution in [0.25, 0.3) is 0 Å². The van der Waals surface area contributed by atoms with Crippen molar-refractivity contribution < 1.29 is 8.81 Å². The molecule has 102 valence electrons. The van der Waals surface area contributed by atoms with E-state index in [2.05, 4.69) is 4.90 Å². The second-order valence-corrected chi connectivity index (χ2v) is 4.81. The third-order valence-electron chi connectivity index (χ3n) is 3.00. The molecule has 0 unspecified atom stereocenters. The Bertz CT molecular complexity index is 551. The molecule has 0 spiro atoms. The summed E-state index contributed by atoms with van der Waals surface area (Å²) in [4.78, 5) is 2.12. The van der Waals surface area contributed by atoms with Crippen LogP contribution >= 0.6 is 0 Å². The van der Waals surface area contributed by atoms with E-state index < -0.39 is 0 Å². The van der Waals surface area contributed by atoms with E-state index in [1.807, 2.05) is 32.2 Å². The van der Waals surface area contributed by atoms with E-state index in [9.17, 15) is 4.39 Å². The van der Waals surface area contributed by atoms with Crippen molar-refractivity contribution >= 4 is 0 Å². The third kappa shape index (κ3) is 3.66. The second kappa shape index (κ2) is 5.99. The standard InChI is InChI=1S/C15H19FN2O/c1-11-3-5-14(19-11)10-18(2)9-12-4-6-15(16)13(7-12)8-17/h3-7H,8-10,17H2,1-2H3. The van der Waals surface area contributed by atoms with Crippen LogP contribution in [0.3, 0.4) is 0 Å². The number of aryl methyl sites for hydroxylation is 1. The van der Waals surface area contributed by atoms with Crippen molar-refractivity contribution in [3.05, 3.63) is 58.8 Å². The molecule has 1 aromatic carbocycles. The summed E-state index contributed by atoms with van der Waals surface area (Å²) in [5.41, 5.74) is 7.11. The molecule has 2 aromatic rings. The SMILES string of the molecule is Cc1ccc(CN(C)Cc2ccc(F)c(CN)c2)o1. The summed E-state index contributed by atoms with van der Waals surface area (Å²) < 4.78 is 18.9. The number of rotatable bonds is 5. The van der Waals surface area contributed by atoms with Crippen LogP contribution < -0.4 is 5.73 Å². The summed E-state index contributed by atoms with van der Waals surface area (Å²) in [5, 5.41) is 0. The summed E-state index contributed by atoms with van der Waals surface area (Å²) in [7, 11) is 2.00. The van der Waals surface area contributed by atoms with Crippen LogP contribution in [0, 0.1) is 12.7 Å². The van der Waals surface area contributed by atoms with Gasteiger partial charge >= 0.3 is 0 Å². The first-order valence-corrected chi connectivity index (χ1v) is 6.29. The molecule has 0 aliphatic heterocycles. The topological polar surface area (TPSA) is 42.4 Å². The fourth-order valence-corrected chi connectivity index (χ4v) is 2.09. The van der Waals surface area contributed by atoms with Crippen molar-refractivity contribution in [1.29, 1.82) is 0 Å². The van der Waals surface area contributed by atoms with E-state index >= 15 is 0 Å². The molecule has 0 saturated carbocycles. The number of hydrogen-bond donors (Lipinski definition) is 1. The number of benzene rings is 1. The maximum absolute atomic E-state index is 13.3. The van der Waals surface area contributed by atoms with Crippen molar-refractivity contribution in [2.24, 2.45) is 5.73 Å². The molecule has 1 aromatic heterocycles. The molecule has 2 N–H and O–H groups in total. The Kier molecular flexibility index (Phi) is 4.35. The van der Waals surface area contributed by atoms with Gasteiger partial charge in [0, 0.05) is 18.7 Å². The van der Waals surface area contributed by atoms with Crippen LogP contribution in [0.4, 0.5) is 4.39 Å². The van der Waals surface area contributed by atoms with Crippen LogP contribution in [0.5, 0.6) is 0 Å². The molecular formula is C15H19FN2O. The molecule has 0 aliphatic rings. The van der Waals surface area contributed by atoms with Gasteiger partial charge in [-0.25, -0.2) is 4.39 Å². The molecular weight excluding hydrogens is 243 g/mol. The van der Waals surface area contributed by atoms with Crippen LogP contribution in [-0.2, 0) is 19.6 Å². The van der Waals surface area contributed by atoms with Crippen molar-refractivity contribution in [2.75, 3.05) is 7.05 Å². The van der Waals surface area contributed by atoms with Crippen molar-refractivity contribution in [2.45, 2.75) is 26.6 Å². The lowest BCUT2D eigenvalue weighted by Crippen LogP contribution is -2.17. The van der Waals surface area contributed by atoms with Crippen molar-refractivity contribution in [1.82, 2.24) is 4.90 Å². The molecule has 0 bridgehead atoms. The number of furan rings is 1. The molecule has 0 fully saturated rings. The van der Waals surface area contributed by atoms with Gasteiger partial charge in [-0.1, -0.05) is 12.1 Å². The van der Waals surface area contributed by atoms with E-state index in [1.165, 1.54) is 6.07 Å². The molecule has 4 heteroatoms. The normalized spacial score (nSPS) is 11.2. The Morgan fingerprint density at radius 1 is 1.21 bits per heavy atom. The van der Waals surface area contributed by atoms with Gasteiger partial charge in [0.05, 0.1) is 6.54 Å². The number of hydrogen-bond acceptors (Lipinski definition) is 3. The smallest absolute Gasteiger partial charge is 0.127 e. The molecule has 3 nitrogen and oxygen atoms in total. The first-order chi connectivity index (χ1) is 9.08. The first kappa shape index (κ1) is 13.8. The highest BCUT2D eigenvalue weighted by molar-refractivity contribution is 5.25. The molecule has 0 amide bonds. The highest BCUT2D eigenvalue weighted by Crippen LogP contribution is 2.14. The van der Waals surface area contributed by atoms with E-state index in [0.717, 1.165) is 30.2 Å². The largest absolute Gasteiger partial charge is 0.465 e. The van der Waals surface area contributed by atoms with Gasteiger partial charge in [-0.2, -0.15) is 0 Å². The zero-order valence-electron chi connectivity index (χ0n) is 11.3. The van der Waals surface area contributed by atoms with E-state index in [0.29, 0.717) is 5.56 Å².